The minimum absolute atomic E-state index is 0.0412. The van der Waals surface area contributed by atoms with Crippen LogP contribution in [0.15, 0.2) is 29.1 Å². The highest BCUT2D eigenvalue weighted by molar-refractivity contribution is 5.84. The number of benzene rings is 1. The van der Waals surface area contributed by atoms with Gasteiger partial charge < -0.3 is 10.1 Å². The predicted octanol–water partition coefficient (Wildman–Crippen LogP) is 1.32. The molecule has 0 unspecified atom stereocenters. The van der Waals surface area contributed by atoms with Crippen LogP contribution in [0.2, 0.25) is 0 Å². The minimum atomic E-state index is -0.147. The summed E-state index contributed by atoms with van der Waals surface area (Å²) in [7, 11) is 1.58. The lowest BCUT2D eigenvalue weighted by Crippen LogP contribution is -2.31. The Bertz CT molecular complexity index is 722. The van der Waals surface area contributed by atoms with Gasteiger partial charge in [-0.3, -0.25) is 9.59 Å². The van der Waals surface area contributed by atoms with E-state index in [-0.39, 0.29) is 17.4 Å². The molecule has 0 aliphatic rings. The molecule has 0 atom stereocenters. The normalized spacial score (nSPS) is 11.1. The third-order valence-electron chi connectivity index (χ3n) is 3.41. The van der Waals surface area contributed by atoms with Gasteiger partial charge in [-0.2, -0.15) is 5.10 Å². The minimum Gasteiger partial charge on any atom is -0.383 e. The van der Waals surface area contributed by atoms with Crippen molar-refractivity contribution < 1.29 is 9.53 Å². The van der Waals surface area contributed by atoms with Crippen LogP contribution in [0.5, 0.6) is 0 Å². The molecular weight excluding hydrogens is 282 g/mol. The summed E-state index contributed by atoms with van der Waals surface area (Å²) in [4.78, 5) is 24.1. The van der Waals surface area contributed by atoms with Crippen molar-refractivity contribution >= 4 is 16.7 Å². The highest BCUT2D eigenvalue weighted by atomic mass is 16.5. The quantitative estimate of drug-likeness (QED) is 0.873. The van der Waals surface area contributed by atoms with Crippen molar-refractivity contribution in [3.63, 3.8) is 0 Å². The van der Waals surface area contributed by atoms with Gasteiger partial charge in [0.05, 0.1) is 30.8 Å². The number of aromatic nitrogens is 2. The zero-order chi connectivity index (χ0) is 16.1. The monoisotopic (exact) mass is 303 g/mol. The SMILES string of the molecule is COCCn1nc(CNC(=O)C(C)C)c2ccccc2c1=O. The summed E-state index contributed by atoms with van der Waals surface area (Å²) >= 11 is 0. The van der Waals surface area contributed by atoms with E-state index in [1.807, 2.05) is 32.0 Å². The summed E-state index contributed by atoms with van der Waals surface area (Å²) in [5.74, 6) is -0.133. The van der Waals surface area contributed by atoms with E-state index in [9.17, 15) is 9.59 Å². The molecule has 0 bridgehead atoms. The van der Waals surface area contributed by atoms with Gasteiger partial charge in [0, 0.05) is 18.4 Å². The van der Waals surface area contributed by atoms with Crippen LogP contribution in [0, 0.1) is 5.92 Å². The number of ether oxygens (including phenoxy) is 1. The van der Waals surface area contributed by atoms with Gasteiger partial charge in [-0.05, 0) is 6.07 Å². The van der Waals surface area contributed by atoms with E-state index in [1.54, 1.807) is 13.2 Å². The first-order valence-corrected chi connectivity index (χ1v) is 7.30. The molecule has 118 valence electrons. The maximum absolute atomic E-state index is 12.4. The molecule has 1 N–H and O–H groups in total. The predicted molar refractivity (Wildman–Crippen MR) is 84.6 cm³/mol. The molecular formula is C16H21N3O3. The van der Waals surface area contributed by atoms with E-state index in [0.29, 0.717) is 30.8 Å². The number of fused-ring (bicyclic) bond motifs is 1. The fraction of sp³-hybridized carbons (Fsp3) is 0.438. The highest BCUT2D eigenvalue weighted by Crippen LogP contribution is 2.13. The lowest BCUT2D eigenvalue weighted by molar-refractivity contribution is -0.124. The molecule has 0 aliphatic heterocycles. The molecule has 1 aromatic heterocycles. The summed E-state index contributed by atoms with van der Waals surface area (Å²) in [5.41, 5.74) is 0.534. The van der Waals surface area contributed by atoms with Crippen LogP contribution in [-0.2, 0) is 22.6 Å². The van der Waals surface area contributed by atoms with Crippen molar-refractivity contribution in [3.05, 3.63) is 40.3 Å². The Kier molecular flexibility index (Phi) is 5.27. The molecule has 1 aromatic carbocycles. The fourth-order valence-electron chi connectivity index (χ4n) is 2.14. The van der Waals surface area contributed by atoms with Crippen LogP contribution in [0.4, 0.5) is 0 Å². The summed E-state index contributed by atoms with van der Waals surface area (Å²) in [6.07, 6.45) is 0. The summed E-state index contributed by atoms with van der Waals surface area (Å²) in [5, 5.41) is 8.59. The van der Waals surface area contributed by atoms with E-state index < -0.39 is 0 Å². The molecule has 6 heteroatoms. The second kappa shape index (κ2) is 7.17. The number of hydrogen-bond donors (Lipinski definition) is 1. The van der Waals surface area contributed by atoms with Crippen LogP contribution < -0.4 is 10.9 Å². The molecule has 6 nitrogen and oxygen atoms in total. The van der Waals surface area contributed by atoms with E-state index in [1.165, 1.54) is 4.68 Å². The third-order valence-corrected chi connectivity index (χ3v) is 3.41. The van der Waals surface area contributed by atoms with Crippen molar-refractivity contribution in [1.29, 1.82) is 0 Å². The summed E-state index contributed by atoms with van der Waals surface area (Å²) in [6, 6.07) is 7.30. The second-order valence-electron chi connectivity index (χ2n) is 5.39. The number of carbonyl (C=O) groups excluding carboxylic acids is 1. The van der Waals surface area contributed by atoms with E-state index >= 15 is 0 Å². The van der Waals surface area contributed by atoms with Crippen LogP contribution in [0.25, 0.3) is 10.8 Å². The van der Waals surface area contributed by atoms with Gasteiger partial charge in [-0.1, -0.05) is 32.0 Å². The van der Waals surface area contributed by atoms with Crippen molar-refractivity contribution in [2.75, 3.05) is 13.7 Å². The number of carbonyl (C=O) groups is 1. The van der Waals surface area contributed by atoms with Crippen molar-refractivity contribution in [2.24, 2.45) is 5.92 Å². The van der Waals surface area contributed by atoms with E-state index in [2.05, 4.69) is 10.4 Å². The third kappa shape index (κ3) is 3.51. The Hall–Kier alpha value is -2.21. The molecule has 22 heavy (non-hydrogen) atoms. The Morgan fingerprint density at radius 1 is 1.32 bits per heavy atom. The number of nitrogens with one attached hydrogen (secondary N) is 1. The average Bonchev–Trinajstić information content (AvgIpc) is 2.53. The van der Waals surface area contributed by atoms with E-state index in [0.717, 1.165) is 5.39 Å². The van der Waals surface area contributed by atoms with Gasteiger partial charge in [-0.25, -0.2) is 4.68 Å². The first-order valence-electron chi connectivity index (χ1n) is 7.30. The molecule has 2 rings (SSSR count). The highest BCUT2D eigenvalue weighted by Gasteiger charge is 2.12. The molecule has 0 fully saturated rings. The number of methoxy groups -OCH3 is 1. The van der Waals surface area contributed by atoms with Crippen LogP contribution in [0.1, 0.15) is 19.5 Å². The largest absolute Gasteiger partial charge is 0.383 e. The Morgan fingerprint density at radius 3 is 2.64 bits per heavy atom. The smallest absolute Gasteiger partial charge is 0.274 e. The fourth-order valence-corrected chi connectivity index (χ4v) is 2.14. The Morgan fingerprint density at radius 2 is 2.00 bits per heavy atom. The molecule has 2 aromatic rings. The van der Waals surface area contributed by atoms with Crippen molar-refractivity contribution in [2.45, 2.75) is 26.9 Å². The first-order chi connectivity index (χ1) is 10.5. The number of nitrogens with zero attached hydrogens (tertiary/aromatic N) is 2. The summed E-state index contributed by atoms with van der Waals surface area (Å²) in [6.45, 7) is 4.75. The lowest BCUT2D eigenvalue weighted by atomic mass is 10.1. The average molecular weight is 303 g/mol. The maximum atomic E-state index is 12.4. The van der Waals surface area contributed by atoms with Crippen molar-refractivity contribution in [3.8, 4) is 0 Å². The van der Waals surface area contributed by atoms with Crippen molar-refractivity contribution in [1.82, 2.24) is 15.1 Å². The number of rotatable bonds is 6. The van der Waals surface area contributed by atoms with Gasteiger partial charge in [0.15, 0.2) is 0 Å². The molecule has 1 heterocycles. The zero-order valence-corrected chi connectivity index (χ0v) is 13.1. The molecule has 0 aliphatic carbocycles. The Balaban J connectivity index is 2.40. The molecule has 0 saturated heterocycles. The maximum Gasteiger partial charge on any atom is 0.274 e. The van der Waals surface area contributed by atoms with E-state index in [4.69, 9.17) is 4.74 Å². The molecule has 0 spiro atoms. The first kappa shape index (κ1) is 16.2. The molecule has 0 saturated carbocycles. The number of amides is 1. The van der Waals surface area contributed by atoms with Crippen LogP contribution >= 0.6 is 0 Å². The van der Waals surface area contributed by atoms with Gasteiger partial charge in [-0.15, -0.1) is 0 Å². The molecule has 0 radical (unpaired) electrons. The molecule has 1 amide bonds. The van der Waals surface area contributed by atoms with Gasteiger partial charge in [0.25, 0.3) is 5.56 Å². The summed E-state index contributed by atoms with van der Waals surface area (Å²) < 4.78 is 6.40. The number of hydrogen-bond acceptors (Lipinski definition) is 4. The van der Waals surface area contributed by atoms with Gasteiger partial charge in [0.2, 0.25) is 5.91 Å². The zero-order valence-electron chi connectivity index (χ0n) is 13.1. The topological polar surface area (TPSA) is 73.2 Å². The standard InChI is InChI=1S/C16H21N3O3/c1-11(2)15(20)17-10-14-12-6-4-5-7-13(12)16(21)19(18-14)8-9-22-3/h4-7,11H,8-10H2,1-3H3,(H,17,20). The van der Waals surface area contributed by atoms with Gasteiger partial charge >= 0.3 is 0 Å². The lowest BCUT2D eigenvalue weighted by Gasteiger charge is -2.12. The second-order valence-corrected chi connectivity index (χ2v) is 5.39. The van der Waals surface area contributed by atoms with Gasteiger partial charge in [0.1, 0.15) is 0 Å². The van der Waals surface area contributed by atoms with Crippen LogP contribution in [0.3, 0.4) is 0 Å². The van der Waals surface area contributed by atoms with Crippen LogP contribution in [-0.4, -0.2) is 29.4 Å². The Labute approximate surface area is 129 Å².